The van der Waals surface area contributed by atoms with Crippen molar-refractivity contribution in [2.24, 2.45) is 0 Å². The van der Waals surface area contributed by atoms with Gasteiger partial charge in [-0.15, -0.1) is 0 Å². The lowest BCUT2D eigenvalue weighted by Crippen LogP contribution is -2.34. The number of hydrogen-bond donors (Lipinski definition) is 1. The average Bonchev–Trinajstić information content (AvgIpc) is 2.75. The second-order valence-electron chi connectivity index (χ2n) is 6.39. The van der Waals surface area contributed by atoms with Crippen LogP contribution < -0.4 is 0 Å². The predicted octanol–water partition coefficient (Wildman–Crippen LogP) is 2.74. The Morgan fingerprint density at radius 2 is 1.91 bits per heavy atom. The highest BCUT2D eigenvalue weighted by Gasteiger charge is 2.28. The molecule has 1 heterocycles. The third-order valence-corrected chi connectivity index (χ3v) is 4.72. The average molecular weight is 319 g/mol. The molecule has 0 unspecified atom stereocenters. The summed E-state index contributed by atoms with van der Waals surface area (Å²) >= 11 is 0. The number of nitrogens with zero attached hydrogens (tertiary/aromatic N) is 1. The highest BCUT2D eigenvalue weighted by molar-refractivity contribution is 5.87. The maximum Gasteiger partial charge on any atom is 0.335 e. The quantitative estimate of drug-likeness (QED) is 0.906. The van der Waals surface area contributed by atoms with Gasteiger partial charge in [-0.1, -0.05) is 12.1 Å². The van der Waals surface area contributed by atoms with Crippen molar-refractivity contribution in [3.05, 3.63) is 35.4 Å². The minimum atomic E-state index is -0.932. The highest BCUT2D eigenvalue weighted by Crippen LogP contribution is 2.25. The molecule has 2 rings (SSSR count). The summed E-state index contributed by atoms with van der Waals surface area (Å²) in [6.07, 6.45) is 3.89. The molecule has 1 aliphatic rings. The second kappa shape index (κ2) is 7.59. The molecule has 1 atom stereocenters. The van der Waals surface area contributed by atoms with E-state index in [2.05, 4.69) is 6.92 Å². The molecule has 1 aliphatic heterocycles. The van der Waals surface area contributed by atoms with Crippen LogP contribution in [0.2, 0.25) is 0 Å². The molecule has 5 nitrogen and oxygen atoms in total. The number of carbonyl (C=O) groups is 2. The van der Waals surface area contributed by atoms with Crippen LogP contribution in [0.15, 0.2) is 24.3 Å². The number of carboxylic acids is 1. The summed E-state index contributed by atoms with van der Waals surface area (Å²) in [6, 6.07) is 6.72. The summed E-state index contributed by atoms with van der Waals surface area (Å²) in [4.78, 5) is 25.1. The number of rotatable bonds is 5. The van der Waals surface area contributed by atoms with Crippen LogP contribution >= 0.6 is 0 Å². The molecule has 0 bridgehead atoms. The number of benzene rings is 1. The van der Waals surface area contributed by atoms with Gasteiger partial charge in [0.15, 0.2) is 0 Å². The summed E-state index contributed by atoms with van der Waals surface area (Å²) in [7, 11) is 1.73. The first-order valence-electron chi connectivity index (χ1n) is 8.09. The van der Waals surface area contributed by atoms with Gasteiger partial charge in [0.05, 0.1) is 11.2 Å². The maximum atomic E-state index is 12.4. The maximum absolute atomic E-state index is 12.4. The Kier molecular flexibility index (Phi) is 5.77. The Morgan fingerprint density at radius 3 is 2.52 bits per heavy atom. The molecule has 23 heavy (non-hydrogen) atoms. The molecule has 0 radical (unpaired) electrons. The minimum absolute atomic E-state index is 0.123. The van der Waals surface area contributed by atoms with Gasteiger partial charge >= 0.3 is 5.97 Å². The van der Waals surface area contributed by atoms with Crippen LogP contribution in [-0.4, -0.2) is 47.7 Å². The predicted molar refractivity (Wildman–Crippen MR) is 87.6 cm³/mol. The van der Waals surface area contributed by atoms with Gasteiger partial charge < -0.3 is 14.7 Å². The van der Waals surface area contributed by atoms with E-state index in [4.69, 9.17) is 9.84 Å². The van der Waals surface area contributed by atoms with E-state index in [-0.39, 0.29) is 17.1 Å². The fourth-order valence-electron chi connectivity index (χ4n) is 2.93. The molecule has 1 amide bonds. The number of methoxy groups -OCH3 is 1. The summed E-state index contributed by atoms with van der Waals surface area (Å²) in [5.74, 6) is -0.772. The van der Waals surface area contributed by atoms with E-state index in [0.29, 0.717) is 12.8 Å². The lowest BCUT2D eigenvalue weighted by molar-refractivity contribution is -0.131. The number of aryl methyl sites for hydroxylation is 1. The molecule has 126 valence electrons. The highest BCUT2D eigenvalue weighted by atomic mass is 16.5. The molecule has 0 aliphatic carbocycles. The lowest BCUT2D eigenvalue weighted by atomic mass is 9.97. The van der Waals surface area contributed by atoms with Gasteiger partial charge in [0.1, 0.15) is 0 Å². The van der Waals surface area contributed by atoms with E-state index < -0.39 is 5.97 Å². The summed E-state index contributed by atoms with van der Waals surface area (Å²) in [6.45, 7) is 3.63. The second-order valence-corrected chi connectivity index (χ2v) is 6.39. The Labute approximate surface area is 137 Å². The van der Waals surface area contributed by atoms with Crippen molar-refractivity contribution in [1.82, 2.24) is 4.90 Å². The monoisotopic (exact) mass is 319 g/mol. The third-order valence-electron chi connectivity index (χ3n) is 4.72. The van der Waals surface area contributed by atoms with E-state index in [9.17, 15) is 9.59 Å². The molecule has 1 saturated heterocycles. The van der Waals surface area contributed by atoms with Crippen molar-refractivity contribution in [2.75, 3.05) is 20.2 Å². The van der Waals surface area contributed by atoms with E-state index in [1.54, 1.807) is 31.4 Å². The van der Waals surface area contributed by atoms with Gasteiger partial charge in [0.2, 0.25) is 5.91 Å². The van der Waals surface area contributed by atoms with Crippen molar-refractivity contribution in [3.8, 4) is 0 Å². The molecule has 1 aromatic carbocycles. The first-order valence-corrected chi connectivity index (χ1v) is 8.09. The normalized spacial score (nSPS) is 21.7. The minimum Gasteiger partial charge on any atom is -0.478 e. The molecular weight excluding hydrogens is 294 g/mol. The zero-order valence-electron chi connectivity index (χ0n) is 13.9. The number of ether oxygens (including phenoxy) is 1. The van der Waals surface area contributed by atoms with Crippen molar-refractivity contribution in [2.45, 2.75) is 44.6 Å². The van der Waals surface area contributed by atoms with Crippen LogP contribution in [0.3, 0.4) is 0 Å². The molecule has 0 spiro atoms. The number of hydrogen-bond acceptors (Lipinski definition) is 3. The van der Waals surface area contributed by atoms with Gasteiger partial charge in [-0.05, 0) is 50.3 Å². The van der Waals surface area contributed by atoms with Crippen LogP contribution in [0.5, 0.6) is 0 Å². The molecular formula is C18H25NO4. The Balaban J connectivity index is 1.86. The number of amides is 1. The number of aromatic carboxylic acids is 1. The first-order chi connectivity index (χ1) is 10.9. The zero-order chi connectivity index (χ0) is 16.9. The summed E-state index contributed by atoms with van der Waals surface area (Å²) < 4.78 is 5.56. The topological polar surface area (TPSA) is 66.8 Å². The van der Waals surface area contributed by atoms with Crippen LogP contribution in [0.1, 0.15) is 48.5 Å². The van der Waals surface area contributed by atoms with Crippen molar-refractivity contribution in [3.63, 3.8) is 0 Å². The number of carboxylic acid groups (broad SMARTS) is 1. The van der Waals surface area contributed by atoms with Crippen LogP contribution in [0, 0.1) is 0 Å². The van der Waals surface area contributed by atoms with Gasteiger partial charge in [0, 0.05) is 26.6 Å². The van der Waals surface area contributed by atoms with Crippen molar-refractivity contribution >= 4 is 11.9 Å². The number of likely N-dealkylation sites (tertiary alicyclic amines) is 1. The van der Waals surface area contributed by atoms with Crippen LogP contribution in [-0.2, 0) is 16.0 Å². The lowest BCUT2D eigenvalue weighted by Gasteiger charge is -2.26. The molecule has 1 N–H and O–H groups in total. The van der Waals surface area contributed by atoms with Crippen LogP contribution in [0.25, 0.3) is 0 Å². The van der Waals surface area contributed by atoms with Crippen LogP contribution in [0.4, 0.5) is 0 Å². The van der Waals surface area contributed by atoms with E-state index >= 15 is 0 Å². The largest absolute Gasteiger partial charge is 0.478 e. The SMILES string of the molecule is CO[C@]1(C)CCCN(C(=O)CCc2ccc(C(=O)O)cc2)CC1. The summed E-state index contributed by atoms with van der Waals surface area (Å²) in [5, 5.41) is 8.88. The molecule has 0 aromatic heterocycles. The van der Waals surface area contributed by atoms with E-state index in [1.807, 2.05) is 4.90 Å². The molecule has 0 saturated carbocycles. The van der Waals surface area contributed by atoms with Crippen molar-refractivity contribution < 1.29 is 19.4 Å². The molecule has 5 heteroatoms. The number of carbonyl (C=O) groups excluding carboxylic acids is 1. The first kappa shape index (κ1) is 17.5. The smallest absolute Gasteiger partial charge is 0.335 e. The zero-order valence-corrected chi connectivity index (χ0v) is 13.9. The fraction of sp³-hybridized carbons (Fsp3) is 0.556. The Bertz CT molecular complexity index is 555. The van der Waals surface area contributed by atoms with Gasteiger partial charge in [0.25, 0.3) is 0 Å². The molecule has 1 aromatic rings. The fourth-order valence-corrected chi connectivity index (χ4v) is 2.93. The summed E-state index contributed by atoms with van der Waals surface area (Å²) in [5.41, 5.74) is 1.13. The van der Waals surface area contributed by atoms with Crippen molar-refractivity contribution in [1.29, 1.82) is 0 Å². The molecule has 1 fully saturated rings. The van der Waals surface area contributed by atoms with Gasteiger partial charge in [-0.2, -0.15) is 0 Å². The van der Waals surface area contributed by atoms with Gasteiger partial charge in [-0.25, -0.2) is 4.79 Å². The van der Waals surface area contributed by atoms with E-state index in [1.165, 1.54) is 0 Å². The Hall–Kier alpha value is -1.88. The third kappa shape index (κ3) is 4.79. The van der Waals surface area contributed by atoms with E-state index in [0.717, 1.165) is 37.9 Å². The van der Waals surface area contributed by atoms with Gasteiger partial charge in [-0.3, -0.25) is 4.79 Å². The Morgan fingerprint density at radius 1 is 1.22 bits per heavy atom. The standard InChI is InChI=1S/C18H25NO4/c1-18(23-2)10-3-12-19(13-11-18)16(20)9-6-14-4-7-15(8-5-14)17(21)22/h4-5,7-8H,3,6,9-13H2,1-2H3,(H,21,22)/t18-/m1/s1.